The number of cyclic esters (lactones) is 1. The first-order valence-electron chi connectivity index (χ1n) is 3.33. The quantitative estimate of drug-likeness (QED) is 0.346. The number of carbonyl (C=O) groups is 1. The van der Waals surface area contributed by atoms with Crippen LogP contribution in [0.15, 0.2) is 24.0 Å². The van der Waals surface area contributed by atoms with Gasteiger partial charge in [0.25, 0.3) is 6.29 Å². The fourth-order valence-corrected chi connectivity index (χ4v) is 0.719. The lowest BCUT2D eigenvalue weighted by Crippen LogP contribution is -2.08. The summed E-state index contributed by atoms with van der Waals surface area (Å²) in [4.78, 5) is 10.8. The molecule has 1 unspecified atom stereocenters. The summed E-state index contributed by atoms with van der Waals surface area (Å²) in [5.74, 6) is -0.384. The van der Waals surface area contributed by atoms with E-state index in [9.17, 15) is 4.79 Å². The molecule has 4 heteroatoms. The largest absolute Gasteiger partial charge is 0.458 e. The Morgan fingerprint density at radius 1 is 1.83 bits per heavy atom. The van der Waals surface area contributed by atoms with Crippen LogP contribution in [-0.4, -0.2) is 12.3 Å². The Morgan fingerprint density at radius 3 is 3.08 bits per heavy atom. The topological polar surface area (TPSA) is 59.3 Å². The molecule has 0 aliphatic carbocycles. The van der Waals surface area contributed by atoms with Crippen molar-refractivity contribution in [2.24, 2.45) is 0 Å². The van der Waals surface area contributed by atoms with Crippen LogP contribution >= 0.6 is 0 Å². The van der Waals surface area contributed by atoms with Crippen LogP contribution in [0.1, 0.15) is 6.92 Å². The molecule has 0 amide bonds. The molecule has 12 heavy (non-hydrogen) atoms. The molecule has 0 radical (unpaired) electrons. The normalized spacial score (nSPS) is 21.8. The molecule has 4 nitrogen and oxygen atoms in total. The van der Waals surface area contributed by atoms with Crippen molar-refractivity contribution in [3.8, 4) is 6.07 Å². The molecule has 1 aliphatic rings. The molecule has 1 atom stereocenters. The number of hydrogen-bond donors (Lipinski definition) is 0. The Balaban J connectivity index is 2.44. The van der Waals surface area contributed by atoms with E-state index >= 15 is 0 Å². The number of carbonyl (C=O) groups excluding carboxylic acids is 1. The molecule has 0 bridgehead atoms. The van der Waals surface area contributed by atoms with Gasteiger partial charge in [0, 0.05) is 11.6 Å². The summed E-state index contributed by atoms with van der Waals surface area (Å²) < 4.78 is 9.57. The highest BCUT2D eigenvalue weighted by Crippen LogP contribution is 2.13. The molecular formula is C8H7NO3. The number of rotatable bonds is 2. The molecule has 0 spiro atoms. The highest BCUT2D eigenvalue weighted by molar-refractivity contribution is 5.89. The summed E-state index contributed by atoms with van der Waals surface area (Å²) >= 11 is 0. The summed E-state index contributed by atoms with van der Waals surface area (Å²) in [5, 5.41) is 8.10. The zero-order valence-corrected chi connectivity index (χ0v) is 6.48. The van der Waals surface area contributed by atoms with E-state index < -0.39 is 6.29 Å². The Morgan fingerprint density at radius 2 is 2.58 bits per heavy atom. The van der Waals surface area contributed by atoms with Crippen molar-refractivity contribution in [1.29, 1.82) is 5.26 Å². The lowest BCUT2D eigenvalue weighted by atomic mass is 10.3. The Kier molecular flexibility index (Phi) is 2.49. The number of hydrogen-bond acceptors (Lipinski definition) is 4. The van der Waals surface area contributed by atoms with Crippen LogP contribution in [0.4, 0.5) is 0 Å². The third-order valence-corrected chi connectivity index (χ3v) is 1.29. The average molecular weight is 165 g/mol. The van der Waals surface area contributed by atoms with Crippen molar-refractivity contribution in [3.05, 3.63) is 24.0 Å². The van der Waals surface area contributed by atoms with Gasteiger partial charge in [-0.3, -0.25) is 0 Å². The van der Waals surface area contributed by atoms with Crippen LogP contribution in [0.2, 0.25) is 0 Å². The van der Waals surface area contributed by atoms with Crippen molar-refractivity contribution >= 4 is 5.97 Å². The molecule has 62 valence electrons. The van der Waals surface area contributed by atoms with Crippen LogP contribution in [0.25, 0.3) is 0 Å². The molecule has 0 N–H and O–H groups in total. The van der Waals surface area contributed by atoms with Crippen LogP contribution in [-0.2, 0) is 14.3 Å². The molecule has 0 aromatic carbocycles. The van der Waals surface area contributed by atoms with Crippen molar-refractivity contribution < 1.29 is 14.3 Å². The molecule has 0 saturated heterocycles. The Hall–Kier alpha value is -1.76. The minimum Gasteiger partial charge on any atom is -0.458 e. The van der Waals surface area contributed by atoms with E-state index in [0.29, 0.717) is 5.57 Å². The van der Waals surface area contributed by atoms with Gasteiger partial charge in [-0.25, -0.2) is 4.79 Å². The number of ether oxygens (including phenoxy) is 2. The van der Waals surface area contributed by atoms with Crippen LogP contribution in [0, 0.1) is 11.3 Å². The number of nitrogens with zero attached hydrogens (tertiary/aromatic N) is 1. The fraction of sp³-hybridized carbons (Fsp3) is 0.250. The van der Waals surface area contributed by atoms with Crippen LogP contribution < -0.4 is 0 Å². The summed E-state index contributed by atoms with van der Waals surface area (Å²) in [6.45, 7) is 1.64. The second-order valence-electron chi connectivity index (χ2n) is 2.19. The maximum Gasteiger partial charge on any atom is 0.336 e. The summed E-state index contributed by atoms with van der Waals surface area (Å²) in [7, 11) is 0. The predicted octanol–water partition coefficient (Wildman–Crippen LogP) is 0.869. The number of esters is 1. The van der Waals surface area contributed by atoms with E-state index in [4.69, 9.17) is 14.7 Å². The van der Waals surface area contributed by atoms with Gasteiger partial charge in [0.15, 0.2) is 0 Å². The molecule has 1 rings (SSSR count). The van der Waals surface area contributed by atoms with E-state index in [1.54, 1.807) is 19.1 Å². The summed E-state index contributed by atoms with van der Waals surface area (Å²) in [6, 6.07) is 1.75. The minimum atomic E-state index is -0.679. The summed E-state index contributed by atoms with van der Waals surface area (Å²) in [5.41, 5.74) is 0.519. The molecular weight excluding hydrogens is 158 g/mol. The minimum absolute atomic E-state index is 0.384. The first-order chi connectivity index (χ1) is 5.74. The van der Waals surface area contributed by atoms with Crippen molar-refractivity contribution in [2.75, 3.05) is 0 Å². The summed E-state index contributed by atoms with van der Waals surface area (Å²) in [6.07, 6.45) is 3.22. The van der Waals surface area contributed by atoms with E-state index in [-0.39, 0.29) is 5.97 Å². The van der Waals surface area contributed by atoms with Gasteiger partial charge < -0.3 is 9.47 Å². The van der Waals surface area contributed by atoms with Gasteiger partial charge in [-0.2, -0.15) is 5.26 Å². The zero-order chi connectivity index (χ0) is 8.97. The lowest BCUT2D eigenvalue weighted by molar-refractivity contribution is -0.152. The average Bonchev–Trinajstić information content (AvgIpc) is 2.32. The Bertz CT molecular complexity index is 285. The Labute approximate surface area is 69.7 Å². The first-order valence-corrected chi connectivity index (χ1v) is 3.33. The van der Waals surface area contributed by atoms with Gasteiger partial charge in [0.05, 0.1) is 18.4 Å². The van der Waals surface area contributed by atoms with Crippen molar-refractivity contribution in [1.82, 2.24) is 0 Å². The molecule has 0 aromatic heterocycles. The van der Waals surface area contributed by atoms with Crippen molar-refractivity contribution in [2.45, 2.75) is 13.2 Å². The SMILES string of the molecule is CC1=CC(OC=CC#N)OC1=O. The first kappa shape index (κ1) is 8.34. The van der Waals surface area contributed by atoms with E-state index in [1.807, 2.05) is 0 Å². The van der Waals surface area contributed by atoms with Gasteiger partial charge in [0.1, 0.15) is 0 Å². The lowest BCUT2D eigenvalue weighted by Gasteiger charge is -2.05. The molecule has 1 aliphatic heterocycles. The maximum absolute atomic E-state index is 10.8. The van der Waals surface area contributed by atoms with Gasteiger partial charge >= 0.3 is 5.97 Å². The second-order valence-corrected chi connectivity index (χ2v) is 2.19. The third-order valence-electron chi connectivity index (χ3n) is 1.29. The third kappa shape index (κ3) is 1.86. The molecule has 1 heterocycles. The van der Waals surface area contributed by atoms with Crippen LogP contribution in [0.5, 0.6) is 0 Å². The maximum atomic E-state index is 10.8. The van der Waals surface area contributed by atoms with Gasteiger partial charge in [0.2, 0.25) is 0 Å². The van der Waals surface area contributed by atoms with Gasteiger partial charge in [-0.1, -0.05) is 0 Å². The van der Waals surface area contributed by atoms with E-state index in [2.05, 4.69) is 0 Å². The van der Waals surface area contributed by atoms with E-state index in [1.165, 1.54) is 6.26 Å². The monoisotopic (exact) mass is 165 g/mol. The highest BCUT2D eigenvalue weighted by atomic mass is 16.7. The molecule has 0 saturated carbocycles. The second kappa shape index (κ2) is 3.58. The van der Waals surface area contributed by atoms with Gasteiger partial charge in [-0.05, 0) is 6.92 Å². The van der Waals surface area contributed by atoms with E-state index in [0.717, 1.165) is 6.08 Å². The molecule has 0 aromatic rings. The zero-order valence-electron chi connectivity index (χ0n) is 6.48. The van der Waals surface area contributed by atoms with Gasteiger partial charge in [-0.15, -0.1) is 0 Å². The number of nitriles is 1. The highest BCUT2D eigenvalue weighted by Gasteiger charge is 2.21. The van der Waals surface area contributed by atoms with Crippen molar-refractivity contribution in [3.63, 3.8) is 0 Å². The smallest absolute Gasteiger partial charge is 0.336 e. The van der Waals surface area contributed by atoms with Crippen LogP contribution in [0.3, 0.4) is 0 Å². The number of allylic oxidation sites excluding steroid dienone is 1. The fourth-order valence-electron chi connectivity index (χ4n) is 0.719. The molecule has 0 fully saturated rings. The predicted molar refractivity (Wildman–Crippen MR) is 39.5 cm³/mol. The standard InChI is InChI=1S/C8H7NO3/c1-6-5-7(12-8(6)10)11-4-2-3-9/h2,4-5,7H,1H3.